The van der Waals surface area contributed by atoms with E-state index in [1.54, 1.807) is 0 Å². The summed E-state index contributed by atoms with van der Waals surface area (Å²) in [7, 11) is 0. The molecule has 238 valence electrons. The Morgan fingerprint density at radius 1 is 0.870 bits per heavy atom. The lowest BCUT2D eigenvalue weighted by molar-refractivity contribution is -0.132. The van der Waals surface area contributed by atoms with E-state index in [9.17, 15) is 24.0 Å². The molecule has 1 aliphatic rings. The SMILES string of the molecule is C[C@@H]1NC(=O)c2cc(on2)CN(C(=O)c2cn[nH]c2)CCNC(=O)[C@@H](Cc2ccccc2)NC(=O)[C@H](Cc2ccccc2)NC1=O. The first-order chi connectivity index (χ1) is 22.3. The molecule has 2 bridgehead atoms. The molecular formula is C32H34N8O6. The van der Waals surface area contributed by atoms with Gasteiger partial charge in [-0.25, -0.2) is 0 Å². The van der Waals surface area contributed by atoms with Crippen molar-refractivity contribution in [1.82, 2.24) is 41.5 Å². The molecule has 46 heavy (non-hydrogen) atoms. The van der Waals surface area contributed by atoms with Gasteiger partial charge in [0.2, 0.25) is 17.7 Å². The summed E-state index contributed by atoms with van der Waals surface area (Å²) in [6.07, 6.45) is 3.12. The highest BCUT2D eigenvalue weighted by Crippen LogP contribution is 2.12. The average Bonchev–Trinajstić information content (AvgIpc) is 3.77. The number of carbonyl (C=O) groups excluding carboxylic acids is 5. The number of fused-ring (bicyclic) bond motifs is 2. The molecule has 3 atom stereocenters. The minimum atomic E-state index is -1.07. The van der Waals surface area contributed by atoms with Crippen LogP contribution < -0.4 is 21.3 Å². The van der Waals surface area contributed by atoms with Gasteiger partial charge in [0.05, 0.1) is 18.3 Å². The Balaban J connectivity index is 1.44. The maximum absolute atomic E-state index is 13.8. The molecule has 14 heteroatoms. The van der Waals surface area contributed by atoms with Crippen LogP contribution in [0.15, 0.2) is 83.6 Å². The molecule has 0 fully saturated rings. The molecule has 3 heterocycles. The van der Waals surface area contributed by atoms with E-state index in [0.29, 0.717) is 0 Å². The van der Waals surface area contributed by atoms with Crippen molar-refractivity contribution in [2.45, 2.75) is 44.4 Å². The smallest absolute Gasteiger partial charge is 0.274 e. The van der Waals surface area contributed by atoms with E-state index in [1.807, 2.05) is 60.7 Å². The third-order valence-corrected chi connectivity index (χ3v) is 7.42. The van der Waals surface area contributed by atoms with Crippen LogP contribution in [0.1, 0.15) is 44.7 Å². The van der Waals surface area contributed by atoms with E-state index in [1.165, 1.54) is 30.3 Å². The lowest BCUT2D eigenvalue weighted by Crippen LogP contribution is -2.57. The molecule has 0 saturated heterocycles. The molecule has 0 unspecified atom stereocenters. The third kappa shape index (κ3) is 8.22. The predicted octanol–water partition coefficient (Wildman–Crippen LogP) is 0.743. The fourth-order valence-electron chi connectivity index (χ4n) is 4.95. The number of nitrogens with zero attached hydrogens (tertiary/aromatic N) is 3. The van der Waals surface area contributed by atoms with E-state index in [-0.39, 0.29) is 49.5 Å². The Morgan fingerprint density at radius 3 is 2.13 bits per heavy atom. The third-order valence-electron chi connectivity index (χ3n) is 7.42. The summed E-state index contributed by atoms with van der Waals surface area (Å²) in [4.78, 5) is 68.2. The molecule has 2 aromatic carbocycles. The summed E-state index contributed by atoms with van der Waals surface area (Å²) in [5, 5.41) is 21.2. The predicted molar refractivity (Wildman–Crippen MR) is 164 cm³/mol. The van der Waals surface area contributed by atoms with Gasteiger partial charge >= 0.3 is 0 Å². The van der Waals surface area contributed by atoms with Gasteiger partial charge in [0.1, 0.15) is 18.1 Å². The number of amides is 5. The summed E-state index contributed by atoms with van der Waals surface area (Å²) < 4.78 is 5.34. The second-order valence-corrected chi connectivity index (χ2v) is 10.9. The van der Waals surface area contributed by atoms with Crippen molar-refractivity contribution in [2.24, 2.45) is 0 Å². The van der Waals surface area contributed by atoms with Crippen molar-refractivity contribution in [3.05, 3.63) is 107 Å². The first kappa shape index (κ1) is 31.6. The zero-order chi connectivity index (χ0) is 32.5. The first-order valence-electron chi connectivity index (χ1n) is 14.8. The van der Waals surface area contributed by atoms with Gasteiger partial charge in [0.25, 0.3) is 11.8 Å². The fraction of sp³-hybridized carbons (Fsp3) is 0.281. The van der Waals surface area contributed by atoms with Crippen LogP contribution in [0.3, 0.4) is 0 Å². The van der Waals surface area contributed by atoms with Crippen molar-refractivity contribution >= 4 is 29.5 Å². The van der Waals surface area contributed by atoms with Crippen LogP contribution in [0.2, 0.25) is 0 Å². The maximum Gasteiger partial charge on any atom is 0.274 e. The molecule has 5 N–H and O–H groups in total. The van der Waals surface area contributed by atoms with Crippen LogP contribution >= 0.6 is 0 Å². The van der Waals surface area contributed by atoms with Crippen LogP contribution in [0.5, 0.6) is 0 Å². The highest BCUT2D eigenvalue weighted by atomic mass is 16.5. The molecule has 0 aliphatic carbocycles. The van der Waals surface area contributed by atoms with Crippen molar-refractivity contribution in [3.8, 4) is 0 Å². The van der Waals surface area contributed by atoms with Crippen molar-refractivity contribution in [3.63, 3.8) is 0 Å². The van der Waals surface area contributed by atoms with Gasteiger partial charge in [-0.1, -0.05) is 65.8 Å². The van der Waals surface area contributed by atoms with Crippen LogP contribution in [-0.4, -0.2) is 81.0 Å². The average molecular weight is 627 g/mol. The second-order valence-electron chi connectivity index (χ2n) is 10.9. The Labute approximate surface area is 264 Å². The van der Waals surface area contributed by atoms with Gasteiger partial charge in [-0.3, -0.25) is 29.1 Å². The highest BCUT2D eigenvalue weighted by Gasteiger charge is 2.30. The Bertz CT molecular complexity index is 1660. The van der Waals surface area contributed by atoms with E-state index in [4.69, 9.17) is 4.52 Å². The number of aromatic nitrogens is 3. The topological polar surface area (TPSA) is 191 Å². The highest BCUT2D eigenvalue weighted by molar-refractivity contribution is 5.98. The summed E-state index contributed by atoms with van der Waals surface area (Å²) in [6.45, 7) is 1.50. The summed E-state index contributed by atoms with van der Waals surface area (Å²) in [6, 6.07) is 16.6. The van der Waals surface area contributed by atoms with Crippen LogP contribution in [0.4, 0.5) is 0 Å². The molecule has 2 aromatic heterocycles. The van der Waals surface area contributed by atoms with Gasteiger partial charge in [0.15, 0.2) is 11.5 Å². The van der Waals surface area contributed by atoms with E-state index < -0.39 is 47.7 Å². The quantitative estimate of drug-likeness (QED) is 0.214. The van der Waals surface area contributed by atoms with Gasteiger partial charge in [-0.2, -0.15) is 5.10 Å². The lowest BCUT2D eigenvalue weighted by atomic mass is 10.0. The molecule has 5 rings (SSSR count). The minimum Gasteiger partial charge on any atom is -0.359 e. The van der Waals surface area contributed by atoms with Crippen molar-refractivity contribution < 1.29 is 28.5 Å². The Morgan fingerprint density at radius 2 is 1.50 bits per heavy atom. The van der Waals surface area contributed by atoms with E-state index in [2.05, 4.69) is 36.6 Å². The molecule has 0 radical (unpaired) electrons. The molecule has 0 spiro atoms. The lowest BCUT2D eigenvalue weighted by Gasteiger charge is -2.25. The van der Waals surface area contributed by atoms with Crippen LogP contribution in [0, 0.1) is 0 Å². The number of H-pyrrole nitrogens is 1. The molecule has 14 nitrogen and oxygen atoms in total. The van der Waals surface area contributed by atoms with Gasteiger partial charge in [0, 0.05) is 38.2 Å². The fourth-order valence-corrected chi connectivity index (χ4v) is 4.95. The normalized spacial score (nSPS) is 20.0. The van der Waals surface area contributed by atoms with Gasteiger partial charge in [-0.15, -0.1) is 0 Å². The Kier molecular flexibility index (Phi) is 10.2. The number of rotatable bonds is 5. The number of carbonyl (C=O) groups is 5. The zero-order valence-electron chi connectivity index (χ0n) is 25.1. The first-order valence-corrected chi connectivity index (χ1v) is 14.8. The number of benzene rings is 2. The number of hydrogen-bond acceptors (Lipinski definition) is 8. The number of nitrogens with one attached hydrogen (secondary N) is 5. The second kappa shape index (κ2) is 14.8. The monoisotopic (exact) mass is 626 g/mol. The summed E-state index contributed by atoms with van der Waals surface area (Å²) >= 11 is 0. The van der Waals surface area contributed by atoms with Crippen LogP contribution in [-0.2, 0) is 33.8 Å². The maximum atomic E-state index is 13.8. The minimum absolute atomic E-state index is 0.0345. The molecule has 0 saturated carbocycles. The molecule has 4 aromatic rings. The molecular weight excluding hydrogens is 592 g/mol. The number of aromatic amines is 1. The molecule has 1 aliphatic heterocycles. The largest absolute Gasteiger partial charge is 0.359 e. The van der Waals surface area contributed by atoms with E-state index >= 15 is 0 Å². The van der Waals surface area contributed by atoms with Crippen LogP contribution in [0.25, 0.3) is 0 Å². The summed E-state index contributed by atoms with van der Waals surface area (Å²) in [5.74, 6) is -2.53. The van der Waals surface area contributed by atoms with Crippen molar-refractivity contribution in [1.29, 1.82) is 0 Å². The molecule has 5 amide bonds. The zero-order valence-corrected chi connectivity index (χ0v) is 25.1. The van der Waals surface area contributed by atoms with Crippen molar-refractivity contribution in [2.75, 3.05) is 13.1 Å². The number of hydrogen-bond donors (Lipinski definition) is 5. The Hall–Kier alpha value is -5.79. The van der Waals surface area contributed by atoms with Gasteiger partial charge < -0.3 is 30.7 Å². The van der Waals surface area contributed by atoms with Gasteiger partial charge in [-0.05, 0) is 18.1 Å². The standard InChI is InChI=1S/C32H34N8O6/c1-20-28(41)37-26(15-22-10-6-3-7-11-22)30(43)38-25(14-21-8-4-2-5-9-21)29(42)33-12-13-40(32(45)23-17-34-35-18-23)19-24-16-27(39-46-24)31(44)36-20/h2-11,16-18,20,25-26H,12-15,19H2,1H3,(H,33,42)(H,34,35)(H,36,44)(H,37,41)(H,38,43)/t20-,25+,26-/m0/s1. The summed E-state index contributed by atoms with van der Waals surface area (Å²) in [5.41, 5.74) is 1.78. The van der Waals surface area contributed by atoms with E-state index in [0.717, 1.165) is 11.1 Å².